The predicted molar refractivity (Wildman–Crippen MR) is 90.2 cm³/mol. The molecule has 0 bridgehead atoms. The molecule has 0 radical (unpaired) electrons. The minimum Gasteiger partial charge on any atom is -0.491 e. The Morgan fingerprint density at radius 3 is 2.88 bits per heavy atom. The number of hydrogen-bond donors (Lipinski definition) is 2. The molecule has 0 aliphatic carbocycles. The molecule has 1 aliphatic heterocycles. The minimum absolute atomic E-state index is 0.169. The molecule has 1 atom stereocenters. The lowest BCUT2D eigenvalue weighted by Gasteiger charge is -2.32. The number of nitrogens with zero attached hydrogens (tertiary/aromatic N) is 2. The standard InChI is InChI=1S/C18H21N3O3/c1-12(2)15-11-24-16-9-13(18(22)20-23)6-7-14(16)10-21(15)17-5-3-4-8-19-17/h3-9,12,15,23H,10-11H2,1-2H3,(H,20,22). The molecule has 6 nitrogen and oxygen atoms in total. The van der Waals surface area contributed by atoms with E-state index in [1.54, 1.807) is 23.8 Å². The third kappa shape index (κ3) is 3.19. The van der Waals surface area contributed by atoms with Crippen LogP contribution >= 0.6 is 0 Å². The van der Waals surface area contributed by atoms with Crippen molar-refractivity contribution in [2.24, 2.45) is 5.92 Å². The number of ether oxygens (including phenoxy) is 1. The zero-order valence-corrected chi connectivity index (χ0v) is 13.8. The van der Waals surface area contributed by atoms with Gasteiger partial charge in [-0.3, -0.25) is 10.0 Å². The molecule has 2 N–H and O–H groups in total. The van der Waals surface area contributed by atoms with Gasteiger partial charge in [0.05, 0.1) is 6.04 Å². The quantitative estimate of drug-likeness (QED) is 0.669. The van der Waals surface area contributed by atoms with E-state index in [0.29, 0.717) is 30.4 Å². The molecule has 1 aromatic heterocycles. The predicted octanol–water partition coefficient (Wildman–Crippen LogP) is 2.62. The number of rotatable bonds is 3. The van der Waals surface area contributed by atoms with E-state index in [2.05, 4.69) is 23.7 Å². The van der Waals surface area contributed by atoms with Crippen molar-refractivity contribution in [3.8, 4) is 5.75 Å². The van der Waals surface area contributed by atoms with E-state index in [9.17, 15) is 4.79 Å². The van der Waals surface area contributed by atoms with Crippen LogP contribution in [0.1, 0.15) is 29.8 Å². The van der Waals surface area contributed by atoms with Crippen molar-refractivity contribution in [1.29, 1.82) is 0 Å². The topological polar surface area (TPSA) is 74.7 Å². The molecule has 0 spiro atoms. The van der Waals surface area contributed by atoms with E-state index in [-0.39, 0.29) is 6.04 Å². The molecule has 0 saturated heterocycles. The van der Waals surface area contributed by atoms with Crippen molar-refractivity contribution >= 4 is 11.7 Å². The summed E-state index contributed by atoms with van der Waals surface area (Å²) in [6.45, 7) is 5.47. The summed E-state index contributed by atoms with van der Waals surface area (Å²) < 4.78 is 5.98. The first-order valence-electron chi connectivity index (χ1n) is 7.98. The van der Waals surface area contributed by atoms with Crippen LogP contribution in [0.3, 0.4) is 0 Å². The van der Waals surface area contributed by atoms with Crippen LogP contribution in [0.25, 0.3) is 0 Å². The summed E-state index contributed by atoms with van der Waals surface area (Å²) in [6.07, 6.45) is 1.79. The van der Waals surface area contributed by atoms with Gasteiger partial charge in [-0.1, -0.05) is 26.0 Å². The molecular weight excluding hydrogens is 306 g/mol. The van der Waals surface area contributed by atoms with Gasteiger partial charge in [0.25, 0.3) is 5.91 Å². The second-order valence-electron chi connectivity index (χ2n) is 6.20. The van der Waals surface area contributed by atoms with Gasteiger partial charge in [0.2, 0.25) is 0 Å². The fourth-order valence-corrected chi connectivity index (χ4v) is 2.92. The molecule has 1 aromatic carbocycles. The Hall–Kier alpha value is -2.60. The van der Waals surface area contributed by atoms with Gasteiger partial charge in [-0.05, 0) is 30.2 Å². The lowest BCUT2D eigenvalue weighted by Crippen LogP contribution is -2.41. The van der Waals surface area contributed by atoms with Crippen LogP contribution < -0.4 is 15.1 Å². The van der Waals surface area contributed by atoms with Crippen LogP contribution in [0.15, 0.2) is 42.6 Å². The maximum atomic E-state index is 11.6. The Morgan fingerprint density at radius 2 is 2.21 bits per heavy atom. The fourth-order valence-electron chi connectivity index (χ4n) is 2.92. The zero-order valence-electron chi connectivity index (χ0n) is 13.8. The molecule has 1 unspecified atom stereocenters. The second-order valence-corrected chi connectivity index (χ2v) is 6.20. The van der Waals surface area contributed by atoms with Crippen LogP contribution in [0.2, 0.25) is 0 Å². The van der Waals surface area contributed by atoms with Crippen LogP contribution in [0.4, 0.5) is 5.82 Å². The molecule has 0 saturated carbocycles. The number of hydroxylamine groups is 1. The molecule has 0 fully saturated rings. The number of anilines is 1. The monoisotopic (exact) mass is 327 g/mol. The van der Waals surface area contributed by atoms with E-state index in [0.717, 1.165) is 11.4 Å². The highest BCUT2D eigenvalue weighted by Crippen LogP contribution is 2.31. The minimum atomic E-state index is -0.548. The van der Waals surface area contributed by atoms with Crippen molar-refractivity contribution in [1.82, 2.24) is 10.5 Å². The Kier molecular flexibility index (Phi) is 4.66. The number of benzene rings is 1. The van der Waals surface area contributed by atoms with Gasteiger partial charge in [-0.25, -0.2) is 10.5 Å². The summed E-state index contributed by atoms with van der Waals surface area (Å²) in [4.78, 5) is 18.3. The lowest BCUT2D eigenvalue weighted by atomic mass is 10.0. The summed E-state index contributed by atoms with van der Waals surface area (Å²) in [5.74, 6) is 1.40. The van der Waals surface area contributed by atoms with E-state index in [4.69, 9.17) is 9.94 Å². The number of carbonyl (C=O) groups is 1. The summed E-state index contributed by atoms with van der Waals surface area (Å²) in [5.41, 5.74) is 3.00. The van der Waals surface area contributed by atoms with Gasteiger partial charge in [0.15, 0.2) is 0 Å². The molecule has 24 heavy (non-hydrogen) atoms. The summed E-state index contributed by atoms with van der Waals surface area (Å²) in [6, 6.07) is 11.2. The largest absolute Gasteiger partial charge is 0.491 e. The van der Waals surface area contributed by atoms with Gasteiger partial charge in [-0.15, -0.1) is 0 Å². The highest BCUT2D eigenvalue weighted by Gasteiger charge is 2.28. The third-order valence-corrected chi connectivity index (χ3v) is 4.29. The second kappa shape index (κ2) is 6.88. The van der Waals surface area contributed by atoms with Gasteiger partial charge in [0.1, 0.15) is 18.2 Å². The number of aromatic nitrogens is 1. The maximum Gasteiger partial charge on any atom is 0.274 e. The van der Waals surface area contributed by atoms with Gasteiger partial charge < -0.3 is 9.64 Å². The van der Waals surface area contributed by atoms with Crippen molar-refractivity contribution in [3.05, 3.63) is 53.7 Å². The Balaban J connectivity index is 1.97. The number of fused-ring (bicyclic) bond motifs is 1. The molecule has 1 amide bonds. The van der Waals surface area contributed by atoms with Crippen molar-refractivity contribution in [3.63, 3.8) is 0 Å². The average Bonchev–Trinajstić information content (AvgIpc) is 2.80. The van der Waals surface area contributed by atoms with Crippen molar-refractivity contribution in [2.75, 3.05) is 11.5 Å². The summed E-state index contributed by atoms with van der Waals surface area (Å²) in [5, 5.41) is 8.80. The van der Waals surface area contributed by atoms with Crippen LogP contribution in [-0.2, 0) is 6.54 Å². The fraction of sp³-hybridized carbons (Fsp3) is 0.333. The molecule has 2 aromatic rings. The van der Waals surface area contributed by atoms with E-state index < -0.39 is 5.91 Å². The molecule has 3 rings (SSSR count). The smallest absolute Gasteiger partial charge is 0.274 e. The van der Waals surface area contributed by atoms with Crippen molar-refractivity contribution < 1.29 is 14.7 Å². The summed E-state index contributed by atoms with van der Waals surface area (Å²) >= 11 is 0. The molecule has 6 heteroatoms. The number of amides is 1. The Morgan fingerprint density at radius 1 is 1.38 bits per heavy atom. The van der Waals surface area contributed by atoms with Crippen LogP contribution in [0, 0.1) is 5.92 Å². The highest BCUT2D eigenvalue weighted by molar-refractivity contribution is 5.93. The van der Waals surface area contributed by atoms with Gasteiger partial charge in [0, 0.05) is 23.9 Å². The average molecular weight is 327 g/mol. The van der Waals surface area contributed by atoms with Crippen molar-refractivity contribution in [2.45, 2.75) is 26.4 Å². The van der Waals surface area contributed by atoms with Gasteiger partial charge >= 0.3 is 0 Å². The normalized spacial score (nSPS) is 17.0. The number of nitrogens with one attached hydrogen (secondary N) is 1. The SMILES string of the molecule is CC(C)C1COc2cc(C(=O)NO)ccc2CN1c1ccccn1. The van der Waals surface area contributed by atoms with E-state index in [1.807, 2.05) is 24.3 Å². The van der Waals surface area contributed by atoms with Crippen LogP contribution in [0.5, 0.6) is 5.75 Å². The first kappa shape index (κ1) is 16.3. The summed E-state index contributed by atoms with van der Waals surface area (Å²) in [7, 11) is 0. The Bertz CT molecular complexity index is 719. The molecule has 126 valence electrons. The zero-order chi connectivity index (χ0) is 17.1. The van der Waals surface area contributed by atoms with E-state index in [1.165, 1.54) is 0 Å². The van der Waals surface area contributed by atoms with Crippen LogP contribution in [-0.4, -0.2) is 28.7 Å². The first-order valence-corrected chi connectivity index (χ1v) is 7.98. The third-order valence-electron chi connectivity index (χ3n) is 4.29. The van der Waals surface area contributed by atoms with E-state index >= 15 is 0 Å². The molecule has 2 heterocycles. The maximum absolute atomic E-state index is 11.6. The van der Waals surface area contributed by atoms with Gasteiger partial charge in [-0.2, -0.15) is 0 Å². The highest BCUT2D eigenvalue weighted by atomic mass is 16.5. The number of pyridine rings is 1. The number of hydrogen-bond acceptors (Lipinski definition) is 5. The first-order chi connectivity index (χ1) is 11.6. The lowest BCUT2D eigenvalue weighted by molar-refractivity contribution is 0.0706. The molecular formula is C18H21N3O3. The molecule has 1 aliphatic rings. The number of carbonyl (C=O) groups excluding carboxylic acids is 1. The Labute approximate surface area is 141 Å².